The van der Waals surface area contributed by atoms with Gasteiger partial charge in [0.1, 0.15) is 0 Å². The van der Waals surface area contributed by atoms with Crippen LogP contribution in [0.1, 0.15) is 31.0 Å². The van der Waals surface area contributed by atoms with Gasteiger partial charge in [-0.3, -0.25) is 0 Å². The first-order chi connectivity index (χ1) is 7.85. The Kier molecular flexibility index (Phi) is 3.71. The molecule has 0 radical (unpaired) electrons. The second kappa shape index (κ2) is 4.70. The molecule has 0 unspecified atom stereocenters. The van der Waals surface area contributed by atoms with Crippen LogP contribution in [0.5, 0.6) is 5.75 Å². The monoisotopic (exact) mass is 238 g/mol. The molecule has 4 nitrogen and oxygen atoms in total. The number of aromatic hydroxyl groups is 1. The first kappa shape index (κ1) is 13.4. The first-order valence-electron chi connectivity index (χ1n) is 5.13. The zero-order valence-electron chi connectivity index (χ0n) is 9.74. The number of hydrogen-bond donors (Lipinski definition) is 3. The normalized spacial score (nSPS) is 13.2. The number of nitrogens with zero attached hydrogens (tertiary/aromatic N) is 1. The van der Waals surface area contributed by atoms with E-state index in [2.05, 4.69) is 0 Å². The lowest BCUT2D eigenvalue weighted by molar-refractivity contribution is 0.131. The molecule has 0 heterocycles. The minimum atomic E-state index is -0.835. The fraction of sp³-hybridized carbons (Fsp3) is 0.417. The van der Waals surface area contributed by atoms with E-state index in [0.717, 1.165) is 6.07 Å². The fourth-order valence-corrected chi connectivity index (χ4v) is 1.48. The molecular weight excluding hydrogens is 223 g/mol. The number of rotatable bonds is 3. The Morgan fingerprint density at radius 2 is 2.12 bits per heavy atom. The summed E-state index contributed by atoms with van der Waals surface area (Å²) >= 11 is 0. The minimum Gasteiger partial charge on any atom is -0.505 e. The lowest BCUT2D eigenvalue weighted by Crippen LogP contribution is -2.33. The van der Waals surface area contributed by atoms with Crippen molar-refractivity contribution in [3.8, 4) is 11.8 Å². The highest BCUT2D eigenvalue weighted by Gasteiger charge is 2.31. The van der Waals surface area contributed by atoms with Gasteiger partial charge >= 0.3 is 0 Å². The van der Waals surface area contributed by atoms with Crippen LogP contribution in [0.25, 0.3) is 0 Å². The van der Waals surface area contributed by atoms with Crippen molar-refractivity contribution < 1.29 is 14.6 Å². The summed E-state index contributed by atoms with van der Waals surface area (Å²) in [6, 6.07) is 3.29. The number of phenols is 1. The van der Waals surface area contributed by atoms with Crippen molar-refractivity contribution >= 4 is 0 Å². The molecule has 0 aliphatic rings. The van der Waals surface area contributed by atoms with Crippen molar-refractivity contribution in [1.82, 2.24) is 0 Å². The summed E-state index contributed by atoms with van der Waals surface area (Å²) in [5.41, 5.74) is 5.27. The van der Waals surface area contributed by atoms with E-state index in [1.165, 1.54) is 6.07 Å². The summed E-state index contributed by atoms with van der Waals surface area (Å²) in [6.07, 6.45) is 0. The third-order valence-corrected chi connectivity index (χ3v) is 2.85. The van der Waals surface area contributed by atoms with E-state index in [-0.39, 0.29) is 17.7 Å². The number of phenolic OH excluding ortho intramolecular Hbond substituents is 1. The van der Waals surface area contributed by atoms with Crippen LogP contribution in [0.15, 0.2) is 12.1 Å². The molecule has 4 N–H and O–H groups in total. The minimum absolute atomic E-state index is 0.0338. The molecular formula is C12H15FN2O2. The van der Waals surface area contributed by atoms with Gasteiger partial charge in [-0.2, -0.15) is 5.26 Å². The molecule has 0 aliphatic heterocycles. The summed E-state index contributed by atoms with van der Waals surface area (Å²) < 4.78 is 13.3. The van der Waals surface area contributed by atoms with Crippen LogP contribution in [0.4, 0.5) is 4.39 Å². The van der Waals surface area contributed by atoms with Gasteiger partial charge < -0.3 is 15.9 Å². The third kappa shape index (κ3) is 2.38. The molecule has 0 bridgehead atoms. The number of benzene rings is 1. The van der Waals surface area contributed by atoms with Gasteiger partial charge in [0.2, 0.25) is 0 Å². The number of hydrogen-bond acceptors (Lipinski definition) is 4. The van der Waals surface area contributed by atoms with Gasteiger partial charge in [0.05, 0.1) is 11.6 Å². The lowest BCUT2D eigenvalue weighted by atomic mass is 9.80. The Hall–Kier alpha value is -1.64. The van der Waals surface area contributed by atoms with Crippen LogP contribution in [0.2, 0.25) is 0 Å². The van der Waals surface area contributed by atoms with Gasteiger partial charge in [-0.15, -0.1) is 0 Å². The number of nitriles is 1. The van der Waals surface area contributed by atoms with Crippen LogP contribution in [-0.2, 0) is 0 Å². The van der Waals surface area contributed by atoms with Crippen molar-refractivity contribution in [2.45, 2.75) is 19.9 Å². The Morgan fingerprint density at radius 1 is 1.53 bits per heavy atom. The molecule has 0 aliphatic carbocycles. The Balaban J connectivity index is 3.40. The van der Waals surface area contributed by atoms with Gasteiger partial charge in [-0.1, -0.05) is 13.8 Å². The molecule has 0 amide bonds. The fourth-order valence-electron chi connectivity index (χ4n) is 1.48. The molecule has 0 spiro atoms. The predicted molar refractivity (Wildman–Crippen MR) is 60.6 cm³/mol. The Labute approximate surface area is 99.1 Å². The molecule has 1 aromatic carbocycles. The summed E-state index contributed by atoms with van der Waals surface area (Å²) in [5, 5.41) is 27.8. The van der Waals surface area contributed by atoms with E-state index in [0.29, 0.717) is 0 Å². The van der Waals surface area contributed by atoms with Crippen molar-refractivity contribution in [1.29, 1.82) is 5.26 Å². The Morgan fingerprint density at radius 3 is 2.59 bits per heavy atom. The van der Waals surface area contributed by atoms with Gasteiger partial charge in [-0.05, 0) is 12.1 Å². The van der Waals surface area contributed by atoms with Crippen molar-refractivity contribution in [3.63, 3.8) is 0 Å². The number of nitrogens with two attached hydrogens (primary N) is 1. The highest BCUT2D eigenvalue weighted by Crippen LogP contribution is 2.38. The van der Waals surface area contributed by atoms with E-state index in [1.54, 1.807) is 13.8 Å². The molecule has 0 saturated heterocycles. The van der Waals surface area contributed by atoms with Crippen LogP contribution in [-0.4, -0.2) is 16.8 Å². The molecule has 17 heavy (non-hydrogen) atoms. The summed E-state index contributed by atoms with van der Waals surface area (Å²) in [6.45, 7) is 3.10. The number of aliphatic hydroxyl groups is 1. The molecule has 0 saturated carbocycles. The smallest absolute Gasteiger partial charge is 0.165 e. The maximum absolute atomic E-state index is 13.3. The van der Waals surface area contributed by atoms with Crippen molar-refractivity contribution in [2.75, 3.05) is 6.61 Å². The maximum atomic E-state index is 13.3. The third-order valence-electron chi connectivity index (χ3n) is 2.85. The molecule has 0 aromatic heterocycles. The average molecular weight is 238 g/mol. The molecule has 5 heteroatoms. The number of halogens is 1. The summed E-state index contributed by atoms with van der Waals surface area (Å²) in [5.74, 6) is -1.46. The van der Waals surface area contributed by atoms with E-state index in [1.807, 2.05) is 6.07 Å². The van der Waals surface area contributed by atoms with Crippen LogP contribution >= 0.6 is 0 Å². The van der Waals surface area contributed by atoms with Crippen molar-refractivity contribution in [3.05, 3.63) is 29.1 Å². The average Bonchev–Trinajstić information content (AvgIpc) is 2.31. The molecule has 0 fully saturated rings. The van der Waals surface area contributed by atoms with Gasteiger partial charge in [0.25, 0.3) is 0 Å². The highest BCUT2D eigenvalue weighted by atomic mass is 19.1. The maximum Gasteiger partial charge on any atom is 0.165 e. The van der Waals surface area contributed by atoms with Crippen LogP contribution in [0, 0.1) is 22.6 Å². The number of aliphatic hydroxyl groups excluding tert-OH is 1. The topological polar surface area (TPSA) is 90.3 Å². The van der Waals surface area contributed by atoms with E-state index in [4.69, 9.17) is 11.0 Å². The van der Waals surface area contributed by atoms with Crippen molar-refractivity contribution in [2.24, 2.45) is 11.1 Å². The molecule has 1 rings (SSSR count). The van der Waals surface area contributed by atoms with Gasteiger partial charge in [0, 0.05) is 23.6 Å². The van der Waals surface area contributed by atoms with Gasteiger partial charge in [-0.25, -0.2) is 4.39 Å². The first-order valence-corrected chi connectivity index (χ1v) is 5.13. The summed E-state index contributed by atoms with van der Waals surface area (Å²) in [4.78, 5) is 0. The van der Waals surface area contributed by atoms with E-state index in [9.17, 15) is 14.6 Å². The molecule has 1 atom stereocenters. The predicted octanol–water partition coefficient (Wildman–Crippen LogP) is 1.42. The lowest BCUT2D eigenvalue weighted by Gasteiger charge is -2.30. The van der Waals surface area contributed by atoms with Gasteiger partial charge in [0.15, 0.2) is 11.6 Å². The van der Waals surface area contributed by atoms with E-state index < -0.39 is 23.0 Å². The van der Waals surface area contributed by atoms with Crippen LogP contribution in [0.3, 0.4) is 0 Å². The van der Waals surface area contributed by atoms with E-state index >= 15 is 0 Å². The largest absolute Gasteiger partial charge is 0.505 e. The highest BCUT2D eigenvalue weighted by molar-refractivity contribution is 5.49. The summed E-state index contributed by atoms with van der Waals surface area (Å²) in [7, 11) is 0. The Bertz CT molecular complexity index is 466. The molecule has 1 aromatic rings. The van der Waals surface area contributed by atoms with Crippen LogP contribution < -0.4 is 5.73 Å². The standard InChI is InChI=1S/C12H15FN2O2/c1-12(2,6-16)11(15)9-7(5-14)3-4-8(13)10(9)17/h3-4,11,16-17H,6,15H2,1-2H3/t11-/m0/s1. The zero-order valence-corrected chi connectivity index (χ0v) is 9.74. The SMILES string of the molecule is CC(C)(CO)[C@@H](N)c1c(C#N)ccc(F)c1O. The second-order valence-electron chi connectivity index (χ2n) is 4.59. The molecule has 92 valence electrons. The second-order valence-corrected chi connectivity index (χ2v) is 4.59. The quantitative estimate of drug-likeness (QED) is 0.742. The zero-order chi connectivity index (χ0) is 13.2.